The van der Waals surface area contributed by atoms with Crippen LogP contribution in [0.5, 0.6) is 5.75 Å². The van der Waals surface area contributed by atoms with Crippen molar-refractivity contribution in [2.24, 2.45) is 5.92 Å². The molecule has 2 atom stereocenters. The van der Waals surface area contributed by atoms with Crippen molar-refractivity contribution in [1.29, 1.82) is 0 Å². The molecule has 2 fully saturated rings. The summed E-state index contributed by atoms with van der Waals surface area (Å²) in [4.78, 5) is 18.7. The third kappa shape index (κ3) is 8.60. The van der Waals surface area contributed by atoms with E-state index in [0.29, 0.717) is 65.7 Å². The summed E-state index contributed by atoms with van der Waals surface area (Å²) in [6, 6.07) is 17.8. The van der Waals surface area contributed by atoms with E-state index in [1.807, 2.05) is 29.2 Å². The molecule has 7 rings (SSSR count). The van der Waals surface area contributed by atoms with Crippen molar-refractivity contribution in [3.63, 3.8) is 0 Å². The van der Waals surface area contributed by atoms with E-state index in [9.17, 15) is 9.90 Å². The van der Waals surface area contributed by atoms with Gasteiger partial charge in [-0.1, -0.05) is 42.1 Å². The van der Waals surface area contributed by atoms with Crippen LogP contribution in [-0.2, 0) is 17.8 Å². The minimum absolute atomic E-state index is 0.0674. The normalized spacial score (nSPS) is 16.4. The molecular weight excluding hydrogens is 710 g/mol. The summed E-state index contributed by atoms with van der Waals surface area (Å²) in [5.74, 6) is 0.440. The Morgan fingerprint density at radius 2 is 1.58 bits per heavy atom. The number of anilines is 2. The molecule has 1 saturated heterocycles. The van der Waals surface area contributed by atoms with Crippen molar-refractivity contribution >= 4 is 34.6 Å². The maximum Gasteiger partial charge on any atom is 0.350 e. The summed E-state index contributed by atoms with van der Waals surface area (Å²) in [7, 11) is 0. The molecule has 3 heterocycles. The third-order valence-corrected chi connectivity index (χ3v) is 10.3. The SMILES string of the molecule is O=c1n(-c2ccc(N3CCN(c4ccc(OC[C@H](O)COC(Cn5nccn5)c5ccc(Cl)cc5Cl)cc4F)CC3)cc2)cnn1CC1CCCC1. The zero-order chi connectivity index (χ0) is 36.0. The van der Waals surface area contributed by atoms with Crippen LogP contribution in [0.3, 0.4) is 0 Å². The van der Waals surface area contributed by atoms with Gasteiger partial charge in [-0.25, -0.2) is 18.4 Å². The molecule has 15 heteroatoms. The summed E-state index contributed by atoms with van der Waals surface area (Å²) < 4.78 is 30.3. The van der Waals surface area contributed by atoms with Crippen molar-refractivity contribution in [3.8, 4) is 11.4 Å². The molecule has 0 spiro atoms. The Labute approximate surface area is 310 Å². The highest BCUT2D eigenvalue weighted by molar-refractivity contribution is 6.35. The van der Waals surface area contributed by atoms with E-state index in [1.165, 1.54) is 23.7 Å². The summed E-state index contributed by atoms with van der Waals surface area (Å²) >= 11 is 12.5. The van der Waals surface area contributed by atoms with Gasteiger partial charge in [-0.05, 0) is 67.3 Å². The molecule has 1 unspecified atom stereocenters. The molecule has 1 N–H and O–H groups in total. The lowest BCUT2D eigenvalue weighted by Crippen LogP contribution is -2.46. The molecule has 0 amide bonds. The lowest BCUT2D eigenvalue weighted by atomic mass is 10.1. The second kappa shape index (κ2) is 16.5. The summed E-state index contributed by atoms with van der Waals surface area (Å²) in [6.07, 6.45) is 7.95. The third-order valence-electron chi connectivity index (χ3n) is 9.71. The van der Waals surface area contributed by atoms with Gasteiger partial charge in [0.1, 0.15) is 36.7 Å². The second-order valence-corrected chi connectivity index (χ2v) is 14.1. The van der Waals surface area contributed by atoms with Crippen molar-refractivity contribution < 1.29 is 19.0 Å². The van der Waals surface area contributed by atoms with Crippen LogP contribution in [0.2, 0.25) is 10.0 Å². The van der Waals surface area contributed by atoms with Gasteiger partial charge in [-0.2, -0.15) is 20.1 Å². The molecule has 52 heavy (non-hydrogen) atoms. The Morgan fingerprint density at radius 3 is 2.29 bits per heavy atom. The fourth-order valence-electron chi connectivity index (χ4n) is 6.90. The van der Waals surface area contributed by atoms with E-state index in [-0.39, 0.29) is 25.4 Å². The molecule has 1 aliphatic carbocycles. The largest absolute Gasteiger partial charge is 0.491 e. The molecule has 5 aromatic rings. The van der Waals surface area contributed by atoms with E-state index in [0.717, 1.165) is 24.2 Å². The van der Waals surface area contributed by atoms with Crippen LogP contribution in [0.4, 0.5) is 15.8 Å². The molecule has 274 valence electrons. The fraction of sp³-hybridized carbons (Fsp3) is 0.405. The first-order chi connectivity index (χ1) is 25.3. The molecule has 0 bridgehead atoms. The van der Waals surface area contributed by atoms with Crippen LogP contribution in [0.25, 0.3) is 5.69 Å². The molecular formula is C37H41Cl2FN8O4. The molecule has 1 saturated carbocycles. The highest BCUT2D eigenvalue weighted by Crippen LogP contribution is 2.31. The number of hydrogen-bond acceptors (Lipinski definition) is 9. The fourth-order valence-corrected chi connectivity index (χ4v) is 7.43. The zero-order valence-corrected chi connectivity index (χ0v) is 30.1. The van der Waals surface area contributed by atoms with Crippen molar-refractivity contribution in [3.05, 3.63) is 111 Å². The first kappa shape index (κ1) is 36.0. The summed E-state index contributed by atoms with van der Waals surface area (Å²) in [5.41, 5.74) is 2.89. The first-order valence-electron chi connectivity index (χ1n) is 17.6. The van der Waals surface area contributed by atoms with Gasteiger partial charge in [-0.3, -0.25) is 0 Å². The standard InChI is InChI=1S/C37H41Cl2FN8O4/c38-27-5-11-32(33(39)19-27)36(22-48-41-13-14-42-48)52-24-30(49)23-51-31-10-12-35(34(40)20-31)45-17-15-44(16-18-45)28-6-8-29(9-7-28)46-25-43-47(37(46)50)21-26-3-1-2-4-26/h5-14,19-20,25-26,30,36,49H,1-4,15-18,21-24H2/t30-,36?/m0/s1. The molecule has 3 aromatic carbocycles. The number of aliphatic hydroxyl groups excluding tert-OH is 1. The van der Waals surface area contributed by atoms with Crippen LogP contribution in [-0.4, -0.2) is 79.9 Å². The van der Waals surface area contributed by atoms with Gasteiger partial charge in [0.25, 0.3) is 0 Å². The van der Waals surface area contributed by atoms with Crippen LogP contribution in [0, 0.1) is 11.7 Å². The Balaban J connectivity index is 0.890. The lowest BCUT2D eigenvalue weighted by molar-refractivity contribution is -0.0339. The minimum atomic E-state index is -0.996. The number of nitrogens with zero attached hydrogens (tertiary/aromatic N) is 8. The number of ether oxygens (including phenoxy) is 2. The average molecular weight is 752 g/mol. The number of piperazine rings is 1. The van der Waals surface area contributed by atoms with Gasteiger partial charge in [0.2, 0.25) is 0 Å². The topological polar surface area (TPSA) is 116 Å². The smallest absolute Gasteiger partial charge is 0.350 e. The number of benzene rings is 3. The van der Waals surface area contributed by atoms with E-state index in [2.05, 4.69) is 20.2 Å². The first-order valence-corrected chi connectivity index (χ1v) is 18.3. The highest BCUT2D eigenvalue weighted by atomic mass is 35.5. The Kier molecular flexibility index (Phi) is 11.4. The Morgan fingerprint density at radius 1 is 0.865 bits per heavy atom. The molecule has 0 radical (unpaired) electrons. The van der Waals surface area contributed by atoms with Gasteiger partial charge in [0.05, 0.1) is 36.9 Å². The molecule has 2 aromatic heterocycles. The van der Waals surface area contributed by atoms with Crippen molar-refractivity contribution in [2.45, 2.75) is 51.0 Å². The number of aliphatic hydroxyl groups is 1. The van der Waals surface area contributed by atoms with Gasteiger partial charge < -0.3 is 24.4 Å². The summed E-state index contributed by atoms with van der Waals surface area (Å²) in [6.45, 7) is 3.47. The van der Waals surface area contributed by atoms with Gasteiger partial charge in [0.15, 0.2) is 0 Å². The maximum atomic E-state index is 15.3. The van der Waals surface area contributed by atoms with E-state index in [4.69, 9.17) is 32.7 Å². The molecule has 2 aliphatic rings. The lowest BCUT2D eigenvalue weighted by Gasteiger charge is -2.37. The van der Waals surface area contributed by atoms with E-state index < -0.39 is 18.0 Å². The van der Waals surface area contributed by atoms with Crippen LogP contribution >= 0.6 is 23.2 Å². The quantitative estimate of drug-likeness (QED) is 0.151. The second-order valence-electron chi connectivity index (χ2n) is 13.3. The van der Waals surface area contributed by atoms with Crippen LogP contribution in [0.1, 0.15) is 37.4 Å². The molecule has 12 nitrogen and oxygen atoms in total. The maximum absolute atomic E-state index is 15.3. The predicted octanol–water partition coefficient (Wildman–Crippen LogP) is 5.79. The van der Waals surface area contributed by atoms with Crippen molar-refractivity contribution in [1.82, 2.24) is 29.3 Å². The van der Waals surface area contributed by atoms with Gasteiger partial charge in [-0.15, -0.1) is 0 Å². The van der Waals surface area contributed by atoms with E-state index >= 15 is 4.39 Å². The zero-order valence-electron chi connectivity index (χ0n) is 28.6. The number of rotatable bonds is 14. The van der Waals surface area contributed by atoms with Gasteiger partial charge >= 0.3 is 5.69 Å². The monoisotopic (exact) mass is 750 g/mol. The van der Waals surface area contributed by atoms with E-state index in [1.54, 1.807) is 58.3 Å². The minimum Gasteiger partial charge on any atom is -0.491 e. The Hall–Kier alpha value is -4.43. The number of halogens is 3. The van der Waals surface area contributed by atoms with Gasteiger partial charge in [0, 0.05) is 60.1 Å². The van der Waals surface area contributed by atoms with Crippen LogP contribution in [0.15, 0.2) is 84.2 Å². The average Bonchev–Trinajstić information content (AvgIpc) is 3.94. The summed E-state index contributed by atoms with van der Waals surface area (Å²) in [5, 5.41) is 24.2. The predicted molar refractivity (Wildman–Crippen MR) is 197 cm³/mol. The van der Waals surface area contributed by atoms with Crippen LogP contribution < -0.4 is 20.2 Å². The van der Waals surface area contributed by atoms with Crippen molar-refractivity contribution in [2.75, 3.05) is 49.2 Å². The highest BCUT2D eigenvalue weighted by Gasteiger charge is 2.23. The molecule has 1 aliphatic heterocycles. The Bertz CT molecular complexity index is 1980. The number of aromatic nitrogens is 6. The number of hydrogen-bond donors (Lipinski definition) is 1.